The number of fused-ring (bicyclic) bond motifs is 2. The molecule has 0 aromatic carbocycles. The number of hydrogen-bond acceptors (Lipinski definition) is 3. The fraction of sp³-hybridized carbons (Fsp3) is 0.625. The average Bonchev–Trinajstić information content (AvgIpc) is 3.09. The van der Waals surface area contributed by atoms with Crippen LogP contribution in [0.2, 0.25) is 0 Å². The molecule has 0 atom stereocenters. The molecule has 0 fully saturated rings. The molecule has 7 nitrogen and oxygen atoms in total. The molecular weight excluding hydrogens is 497 g/mol. The molecule has 1 aliphatic rings. The van der Waals surface area contributed by atoms with Crippen molar-refractivity contribution >= 4 is 6.67 Å². The molecule has 0 radical (unpaired) electrons. The predicted molar refractivity (Wildman–Crippen MR) is 82.9 cm³/mol. The molecular formula is C16H26HgN4O3+2. The monoisotopic (exact) mass is 524 g/mol. The zero-order chi connectivity index (χ0) is 16.8. The Kier molecular flexibility index (Phi) is 6.82. The van der Waals surface area contributed by atoms with E-state index in [1.165, 1.54) is 6.67 Å². The Morgan fingerprint density at radius 3 is 1.62 bits per heavy atom. The molecule has 3 heterocycles. The van der Waals surface area contributed by atoms with Crippen molar-refractivity contribution < 1.29 is 47.9 Å². The molecule has 2 aromatic heterocycles. The van der Waals surface area contributed by atoms with E-state index in [9.17, 15) is 0 Å². The number of nitrogens with zero attached hydrogens (tertiary/aromatic N) is 4. The second kappa shape index (κ2) is 9.08. The van der Waals surface area contributed by atoms with E-state index in [2.05, 4.69) is 57.2 Å². The molecule has 1 aliphatic heterocycles. The van der Waals surface area contributed by atoms with Gasteiger partial charge < -0.3 is 0 Å². The molecule has 0 bridgehead atoms. The predicted octanol–water partition coefficient (Wildman–Crippen LogP) is -1.96. The second-order valence-corrected chi connectivity index (χ2v) is 12.3. The normalized spacial score (nSPS) is 17.4. The molecule has 0 saturated carbocycles. The summed E-state index contributed by atoms with van der Waals surface area (Å²) in [5, 5.41) is 0. The summed E-state index contributed by atoms with van der Waals surface area (Å²) in [6.45, 7) is 5.81. The van der Waals surface area contributed by atoms with Crippen molar-refractivity contribution in [2.24, 2.45) is 14.1 Å². The van der Waals surface area contributed by atoms with E-state index in [1.54, 1.807) is 0 Å². The quantitative estimate of drug-likeness (QED) is 0.298. The third kappa shape index (κ3) is 4.65. The van der Waals surface area contributed by atoms with Crippen molar-refractivity contribution in [3.8, 4) is 0 Å². The Labute approximate surface area is 155 Å². The van der Waals surface area contributed by atoms with E-state index in [4.69, 9.17) is 14.2 Å². The van der Waals surface area contributed by atoms with Crippen molar-refractivity contribution in [1.82, 2.24) is 9.13 Å². The van der Waals surface area contributed by atoms with Crippen LogP contribution in [0.5, 0.6) is 0 Å². The Morgan fingerprint density at radius 1 is 0.750 bits per heavy atom. The van der Waals surface area contributed by atoms with Gasteiger partial charge in [-0.2, -0.15) is 0 Å². The van der Waals surface area contributed by atoms with Crippen LogP contribution in [0.25, 0.3) is 0 Å². The van der Waals surface area contributed by atoms with Crippen molar-refractivity contribution in [1.29, 1.82) is 0 Å². The molecule has 2 aromatic rings. The number of imidazole rings is 2. The Bertz CT molecular complexity index is 602. The minimum atomic E-state index is -1.50. The van der Waals surface area contributed by atoms with Crippen LogP contribution in [-0.4, -0.2) is 48.8 Å². The molecule has 8 heteroatoms. The van der Waals surface area contributed by atoms with Gasteiger partial charge in [-0.05, 0) is 0 Å². The Balaban J connectivity index is 1.80. The third-order valence-corrected chi connectivity index (χ3v) is 13.9. The third-order valence-electron chi connectivity index (χ3n) is 4.43. The van der Waals surface area contributed by atoms with Crippen LogP contribution in [0.4, 0.5) is 0 Å². The van der Waals surface area contributed by atoms with Crippen LogP contribution < -0.4 is 15.8 Å². The van der Waals surface area contributed by atoms with E-state index in [0.29, 0.717) is 26.4 Å². The van der Waals surface area contributed by atoms with Gasteiger partial charge in [0, 0.05) is 0 Å². The van der Waals surface area contributed by atoms with Gasteiger partial charge in [-0.1, -0.05) is 0 Å². The summed E-state index contributed by atoms with van der Waals surface area (Å²) in [7, 11) is 4.30. The maximum absolute atomic E-state index is 5.70. The van der Waals surface area contributed by atoms with Crippen LogP contribution in [0.1, 0.15) is 0 Å². The number of rotatable bonds is 0. The number of hydrogen-bond donors (Lipinski definition) is 0. The first-order valence-electron chi connectivity index (χ1n) is 8.56. The van der Waals surface area contributed by atoms with Crippen molar-refractivity contribution in [2.45, 2.75) is 13.1 Å². The maximum atomic E-state index is 5.70. The van der Waals surface area contributed by atoms with Gasteiger partial charge >= 0.3 is 155 Å². The summed E-state index contributed by atoms with van der Waals surface area (Å²) in [5.41, 5.74) is 0. The fourth-order valence-corrected chi connectivity index (χ4v) is 10.5. The van der Waals surface area contributed by atoms with Gasteiger partial charge in [-0.3, -0.25) is 0 Å². The number of aryl methyl sites for hydroxylation is 2. The van der Waals surface area contributed by atoms with Gasteiger partial charge in [0.1, 0.15) is 0 Å². The average molecular weight is 523 g/mol. The Morgan fingerprint density at radius 2 is 1.17 bits per heavy atom. The van der Waals surface area contributed by atoms with Crippen molar-refractivity contribution in [3.63, 3.8) is 0 Å². The summed E-state index contributed by atoms with van der Waals surface area (Å²) in [5.74, 6) is 0. The molecule has 0 N–H and O–H groups in total. The number of ether oxygens (including phenoxy) is 3. The van der Waals surface area contributed by atoms with Crippen molar-refractivity contribution in [3.05, 3.63) is 24.8 Å². The van der Waals surface area contributed by atoms with Crippen molar-refractivity contribution in [2.75, 3.05) is 39.6 Å². The van der Waals surface area contributed by atoms with Crippen LogP contribution in [0, 0.1) is 0 Å². The topological polar surface area (TPSA) is 45.3 Å². The molecule has 0 spiro atoms. The molecule has 128 valence electrons. The summed E-state index contributed by atoms with van der Waals surface area (Å²) in [4.78, 5) is 0. The van der Waals surface area contributed by atoms with E-state index in [-0.39, 0.29) is 0 Å². The molecule has 0 unspecified atom stereocenters. The van der Waals surface area contributed by atoms with Gasteiger partial charge in [0.2, 0.25) is 0 Å². The molecule has 0 amide bonds. The SMILES string of the molecule is C[n+]1ccn2[c]1[Hg][c]1n(cc[n+]1C)CCOCCOCCOCC2. The molecule has 3 rings (SSSR count). The van der Waals surface area contributed by atoms with Gasteiger partial charge in [-0.15, -0.1) is 0 Å². The zero-order valence-corrected chi connectivity index (χ0v) is 20.2. The first-order chi connectivity index (χ1) is 11.8. The summed E-state index contributed by atoms with van der Waals surface area (Å²) >= 11 is -1.50. The van der Waals surface area contributed by atoms with Crippen LogP contribution in [-0.2, 0) is 66.0 Å². The second-order valence-electron chi connectivity index (χ2n) is 6.05. The van der Waals surface area contributed by atoms with Gasteiger partial charge in [0.15, 0.2) is 0 Å². The van der Waals surface area contributed by atoms with Crippen LogP contribution >= 0.6 is 0 Å². The number of aromatic nitrogens is 4. The first-order valence-corrected chi connectivity index (χ1v) is 14.1. The van der Waals surface area contributed by atoms with E-state index in [1.807, 2.05) is 0 Å². The Hall–Kier alpha value is -0.765. The summed E-state index contributed by atoms with van der Waals surface area (Å²) in [6.07, 6.45) is 8.66. The standard InChI is InChI=1S/C16H26N4O3.Hg/c1-17-3-5-19(15-17)7-9-21-11-13-23-14-12-22-10-8-20-6-4-18(2)16-20;/h3-6H,7-14H2,1-2H3;/q+2;. The van der Waals surface area contributed by atoms with Crippen LogP contribution in [0.3, 0.4) is 0 Å². The summed E-state index contributed by atoms with van der Waals surface area (Å²) in [6, 6.07) is 0. The van der Waals surface area contributed by atoms with Crippen LogP contribution in [0.15, 0.2) is 24.8 Å². The molecule has 24 heavy (non-hydrogen) atoms. The molecule has 0 saturated heterocycles. The van der Waals surface area contributed by atoms with Gasteiger partial charge in [0.05, 0.1) is 0 Å². The first kappa shape index (κ1) is 18.0. The zero-order valence-electron chi connectivity index (χ0n) is 14.7. The van der Waals surface area contributed by atoms with Gasteiger partial charge in [0.25, 0.3) is 0 Å². The van der Waals surface area contributed by atoms with E-state index >= 15 is 0 Å². The summed E-state index contributed by atoms with van der Waals surface area (Å²) < 4.78 is 29.2. The van der Waals surface area contributed by atoms with E-state index < -0.39 is 24.6 Å². The van der Waals surface area contributed by atoms with Gasteiger partial charge in [-0.25, -0.2) is 0 Å². The fourth-order valence-electron chi connectivity index (χ4n) is 2.98. The molecule has 0 aliphatic carbocycles. The van der Waals surface area contributed by atoms with E-state index in [0.717, 1.165) is 26.3 Å². The minimum absolute atomic E-state index is 0.632.